The quantitative estimate of drug-likeness (QED) is 0.571. The molecule has 1 saturated heterocycles. The van der Waals surface area contributed by atoms with Crippen molar-refractivity contribution in [3.05, 3.63) is 69.6 Å². The van der Waals surface area contributed by atoms with E-state index in [1.807, 2.05) is 24.3 Å². The number of hydrogen-bond donors (Lipinski definition) is 0. The Hall–Kier alpha value is -3.36. The van der Waals surface area contributed by atoms with Crippen LogP contribution in [0.5, 0.6) is 11.5 Å². The van der Waals surface area contributed by atoms with Crippen molar-refractivity contribution < 1.29 is 23.4 Å². The molecule has 0 aliphatic carbocycles. The second-order valence-corrected chi connectivity index (χ2v) is 8.16. The Morgan fingerprint density at radius 2 is 1.64 bits per heavy atom. The zero-order chi connectivity index (χ0) is 22.9. The highest BCUT2D eigenvalue weighted by Gasteiger charge is 2.42. The van der Waals surface area contributed by atoms with Crippen LogP contribution in [0.25, 0.3) is 11.0 Å². The van der Waals surface area contributed by atoms with E-state index < -0.39 is 6.04 Å². The van der Waals surface area contributed by atoms with Crippen molar-refractivity contribution in [2.24, 2.45) is 0 Å². The lowest BCUT2D eigenvalue weighted by molar-refractivity contribution is 0.0314. The molecule has 1 aromatic heterocycles. The Kier molecular flexibility index (Phi) is 5.78. The standard InChI is InChI=1S/C25H26N2O6/c1-30-17-5-3-16(4-6-17)22-21-23(28)19-8-7-18(31-2)15-20(19)33-24(21)25(29)27(22)10-9-26-11-13-32-14-12-26/h3-8,15,22H,9-14H2,1-2H3. The third kappa shape index (κ3) is 3.85. The molecule has 1 unspecified atom stereocenters. The van der Waals surface area contributed by atoms with Crippen LogP contribution in [0.15, 0.2) is 51.7 Å². The number of nitrogens with zero attached hydrogens (tertiary/aromatic N) is 2. The summed E-state index contributed by atoms with van der Waals surface area (Å²) in [6.45, 7) is 4.18. The van der Waals surface area contributed by atoms with Crippen LogP contribution in [0, 0.1) is 0 Å². The number of benzene rings is 2. The molecule has 0 bridgehead atoms. The van der Waals surface area contributed by atoms with E-state index in [4.69, 9.17) is 18.6 Å². The van der Waals surface area contributed by atoms with Gasteiger partial charge in [0.1, 0.15) is 17.1 Å². The van der Waals surface area contributed by atoms with Gasteiger partial charge in [0, 0.05) is 32.2 Å². The van der Waals surface area contributed by atoms with Crippen molar-refractivity contribution in [1.82, 2.24) is 9.80 Å². The maximum absolute atomic E-state index is 13.6. The fraction of sp³-hybridized carbons (Fsp3) is 0.360. The van der Waals surface area contributed by atoms with Crippen molar-refractivity contribution in [2.75, 3.05) is 53.6 Å². The summed E-state index contributed by atoms with van der Waals surface area (Å²) < 4.78 is 22.0. The lowest BCUT2D eigenvalue weighted by Crippen LogP contribution is -2.42. The molecule has 0 radical (unpaired) electrons. The van der Waals surface area contributed by atoms with Crippen molar-refractivity contribution in [2.45, 2.75) is 6.04 Å². The van der Waals surface area contributed by atoms with Gasteiger partial charge in [0.2, 0.25) is 5.76 Å². The number of hydrogen-bond acceptors (Lipinski definition) is 7. The summed E-state index contributed by atoms with van der Waals surface area (Å²) >= 11 is 0. The SMILES string of the molecule is COc1ccc(C2c3c(oc4cc(OC)ccc4c3=O)C(=O)N2CCN2CCOCC2)cc1. The first-order valence-electron chi connectivity index (χ1n) is 11.0. The summed E-state index contributed by atoms with van der Waals surface area (Å²) in [6.07, 6.45) is 0. The minimum absolute atomic E-state index is 0.101. The van der Waals surface area contributed by atoms with Crippen LogP contribution < -0.4 is 14.9 Å². The van der Waals surface area contributed by atoms with E-state index in [2.05, 4.69) is 4.90 Å². The first-order valence-corrected chi connectivity index (χ1v) is 11.0. The second kappa shape index (κ2) is 8.88. The fourth-order valence-corrected chi connectivity index (χ4v) is 4.56. The number of rotatable bonds is 6. The molecule has 3 aromatic rings. The highest BCUT2D eigenvalue weighted by atomic mass is 16.5. The monoisotopic (exact) mass is 450 g/mol. The van der Waals surface area contributed by atoms with Gasteiger partial charge in [-0.05, 0) is 29.8 Å². The molecule has 3 heterocycles. The van der Waals surface area contributed by atoms with Crippen molar-refractivity contribution in [1.29, 1.82) is 0 Å². The van der Waals surface area contributed by atoms with E-state index in [9.17, 15) is 9.59 Å². The molecule has 8 nitrogen and oxygen atoms in total. The second-order valence-electron chi connectivity index (χ2n) is 8.16. The lowest BCUT2D eigenvalue weighted by Gasteiger charge is -2.31. The molecular weight excluding hydrogens is 424 g/mol. The molecule has 0 N–H and O–H groups in total. The van der Waals surface area contributed by atoms with Gasteiger partial charge in [0.15, 0.2) is 5.43 Å². The van der Waals surface area contributed by atoms with Gasteiger partial charge in [-0.15, -0.1) is 0 Å². The summed E-state index contributed by atoms with van der Waals surface area (Å²) in [5.74, 6) is 1.09. The molecule has 33 heavy (non-hydrogen) atoms. The van der Waals surface area contributed by atoms with E-state index in [0.717, 1.165) is 18.7 Å². The molecule has 5 rings (SSSR count). The van der Waals surface area contributed by atoms with Crippen molar-refractivity contribution in [3.8, 4) is 11.5 Å². The molecule has 8 heteroatoms. The van der Waals surface area contributed by atoms with Crippen LogP contribution >= 0.6 is 0 Å². The lowest BCUT2D eigenvalue weighted by atomic mass is 9.98. The minimum Gasteiger partial charge on any atom is -0.497 e. The number of carbonyl (C=O) groups excluding carboxylic acids is 1. The number of methoxy groups -OCH3 is 2. The first-order chi connectivity index (χ1) is 16.1. The molecule has 1 atom stereocenters. The Balaban J connectivity index is 1.59. The maximum Gasteiger partial charge on any atom is 0.290 e. The Morgan fingerprint density at radius 1 is 0.939 bits per heavy atom. The van der Waals surface area contributed by atoms with Crippen molar-refractivity contribution >= 4 is 16.9 Å². The Morgan fingerprint density at radius 3 is 2.33 bits per heavy atom. The third-order valence-corrected chi connectivity index (χ3v) is 6.37. The zero-order valence-corrected chi connectivity index (χ0v) is 18.7. The molecule has 2 aliphatic heterocycles. The molecule has 1 fully saturated rings. The van der Waals surface area contributed by atoms with E-state index in [1.54, 1.807) is 37.3 Å². The van der Waals surface area contributed by atoms with Gasteiger partial charge in [-0.2, -0.15) is 0 Å². The largest absolute Gasteiger partial charge is 0.497 e. The van der Waals surface area contributed by atoms with E-state index >= 15 is 0 Å². The van der Waals surface area contributed by atoms with Crippen LogP contribution in [0.1, 0.15) is 27.7 Å². The third-order valence-electron chi connectivity index (χ3n) is 6.37. The van der Waals surface area contributed by atoms with Crippen molar-refractivity contribution in [3.63, 3.8) is 0 Å². The van der Waals surface area contributed by atoms with E-state index in [1.165, 1.54) is 0 Å². The molecule has 1 amide bonds. The minimum atomic E-state index is -0.526. The Bertz CT molecular complexity index is 1230. The van der Waals surface area contributed by atoms with Crippen LogP contribution in [0.4, 0.5) is 0 Å². The summed E-state index contributed by atoms with van der Waals surface area (Å²) in [5, 5.41) is 0.427. The number of fused-ring (bicyclic) bond motifs is 2. The van der Waals surface area contributed by atoms with Gasteiger partial charge in [-0.25, -0.2) is 0 Å². The molecule has 0 spiro atoms. The highest BCUT2D eigenvalue weighted by Crippen LogP contribution is 2.38. The topological polar surface area (TPSA) is 81.5 Å². The fourth-order valence-electron chi connectivity index (χ4n) is 4.56. The molecular formula is C25H26N2O6. The normalized spacial score (nSPS) is 18.5. The average molecular weight is 450 g/mol. The number of carbonyl (C=O) groups is 1. The number of amides is 1. The Labute approximate surface area is 191 Å². The smallest absolute Gasteiger partial charge is 0.290 e. The van der Waals surface area contributed by atoms with Crippen LogP contribution in [-0.2, 0) is 4.74 Å². The van der Waals surface area contributed by atoms with Gasteiger partial charge in [-0.3, -0.25) is 14.5 Å². The average Bonchev–Trinajstić information content (AvgIpc) is 3.14. The van der Waals surface area contributed by atoms with Gasteiger partial charge in [0.25, 0.3) is 5.91 Å². The highest BCUT2D eigenvalue weighted by molar-refractivity contribution is 5.99. The van der Waals surface area contributed by atoms with Gasteiger partial charge >= 0.3 is 0 Å². The summed E-state index contributed by atoms with van der Waals surface area (Å²) in [7, 11) is 3.15. The van der Waals surface area contributed by atoms with Gasteiger partial charge in [-0.1, -0.05) is 12.1 Å². The van der Waals surface area contributed by atoms with Gasteiger partial charge in [0.05, 0.1) is 44.4 Å². The predicted octanol–water partition coefficient (Wildman–Crippen LogP) is 2.69. The molecule has 2 aromatic carbocycles. The van der Waals surface area contributed by atoms with Crippen LogP contribution in [0.3, 0.4) is 0 Å². The first kappa shape index (κ1) is 21.5. The van der Waals surface area contributed by atoms with Gasteiger partial charge < -0.3 is 23.5 Å². The summed E-state index contributed by atoms with van der Waals surface area (Å²) in [4.78, 5) is 31.1. The molecule has 172 valence electrons. The molecule has 2 aliphatic rings. The number of morpholine rings is 1. The summed E-state index contributed by atoms with van der Waals surface area (Å²) in [6, 6.07) is 12.0. The zero-order valence-electron chi connectivity index (χ0n) is 18.7. The van der Waals surface area contributed by atoms with E-state index in [-0.39, 0.29) is 17.1 Å². The van der Waals surface area contributed by atoms with Crippen LogP contribution in [0.2, 0.25) is 0 Å². The number of ether oxygens (including phenoxy) is 3. The van der Waals surface area contributed by atoms with Crippen LogP contribution in [-0.4, -0.2) is 69.3 Å². The predicted molar refractivity (Wildman–Crippen MR) is 122 cm³/mol. The van der Waals surface area contributed by atoms with E-state index in [0.29, 0.717) is 54.3 Å². The summed E-state index contributed by atoms with van der Waals surface area (Å²) in [5.41, 5.74) is 1.36. The maximum atomic E-state index is 13.6. The molecule has 0 saturated carbocycles.